The van der Waals surface area contributed by atoms with Crippen LogP contribution >= 0.6 is 0 Å². The minimum atomic E-state index is -0.101. The Balaban J connectivity index is 1.49. The van der Waals surface area contributed by atoms with Crippen LogP contribution in [-0.4, -0.2) is 67.4 Å². The zero-order chi connectivity index (χ0) is 20.5. The number of aromatic nitrogens is 1. The van der Waals surface area contributed by atoms with Crippen LogP contribution in [-0.2, 0) is 11.3 Å². The molecule has 1 saturated heterocycles. The van der Waals surface area contributed by atoms with Gasteiger partial charge in [0, 0.05) is 51.0 Å². The molecule has 0 atom stereocenters. The van der Waals surface area contributed by atoms with E-state index in [1.165, 1.54) is 19.3 Å². The lowest BCUT2D eigenvalue weighted by atomic mass is 9.80. The van der Waals surface area contributed by atoms with Crippen LogP contribution in [0.3, 0.4) is 0 Å². The van der Waals surface area contributed by atoms with Crippen molar-refractivity contribution in [3.63, 3.8) is 0 Å². The summed E-state index contributed by atoms with van der Waals surface area (Å²) in [5.74, 6) is 0.980. The van der Waals surface area contributed by atoms with Crippen LogP contribution < -0.4 is 15.5 Å². The Morgan fingerprint density at radius 1 is 1.14 bits per heavy atom. The summed E-state index contributed by atoms with van der Waals surface area (Å²) in [6, 6.07) is 3.96. The monoisotopic (exact) mass is 403 g/mol. The number of morpholine rings is 1. The standard InChI is InChI=1S/C22H37N5O2/c1-3-26(4-2)20-9-8-19(16-23-20)17-24-21(28)25-18-22(10-6-5-7-11-22)27-12-14-29-15-13-27/h8-9,16H,3-7,10-15,17-18H2,1-2H3,(H2,24,25,28). The van der Waals surface area contributed by atoms with Crippen molar-refractivity contribution in [3.05, 3.63) is 23.9 Å². The van der Waals surface area contributed by atoms with Crippen molar-refractivity contribution in [2.24, 2.45) is 0 Å². The van der Waals surface area contributed by atoms with E-state index in [0.717, 1.165) is 63.6 Å². The molecule has 2 N–H and O–H groups in total. The van der Waals surface area contributed by atoms with E-state index >= 15 is 0 Å². The molecule has 2 amide bonds. The molecule has 0 unspecified atom stereocenters. The number of carbonyl (C=O) groups excluding carboxylic acids is 1. The lowest BCUT2D eigenvalue weighted by molar-refractivity contribution is -0.0357. The van der Waals surface area contributed by atoms with Crippen molar-refractivity contribution < 1.29 is 9.53 Å². The predicted octanol–water partition coefficient (Wildman–Crippen LogP) is 2.76. The van der Waals surface area contributed by atoms with Crippen LogP contribution in [0.25, 0.3) is 0 Å². The molecule has 0 bridgehead atoms. The summed E-state index contributed by atoms with van der Waals surface area (Å²) < 4.78 is 5.54. The maximum atomic E-state index is 12.5. The topological polar surface area (TPSA) is 69.7 Å². The Hall–Kier alpha value is -1.86. The van der Waals surface area contributed by atoms with Gasteiger partial charge in [-0.2, -0.15) is 0 Å². The van der Waals surface area contributed by atoms with Crippen LogP contribution in [0.15, 0.2) is 18.3 Å². The number of hydrogen-bond donors (Lipinski definition) is 2. The van der Waals surface area contributed by atoms with E-state index in [2.05, 4.69) is 39.3 Å². The summed E-state index contributed by atoms with van der Waals surface area (Å²) in [4.78, 5) is 21.7. The second-order valence-corrected chi connectivity index (χ2v) is 8.12. The molecule has 2 heterocycles. The second kappa shape index (κ2) is 10.8. The number of pyridine rings is 1. The normalized spacial score (nSPS) is 19.5. The molecular weight excluding hydrogens is 366 g/mol. The van der Waals surface area contributed by atoms with Gasteiger partial charge in [-0.15, -0.1) is 0 Å². The van der Waals surface area contributed by atoms with E-state index in [4.69, 9.17) is 4.74 Å². The van der Waals surface area contributed by atoms with Gasteiger partial charge in [0.05, 0.1) is 13.2 Å². The zero-order valence-electron chi connectivity index (χ0n) is 18.1. The fourth-order valence-electron chi connectivity index (χ4n) is 4.60. The van der Waals surface area contributed by atoms with Crippen LogP contribution in [0.2, 0.25) is 0 Å². The molecule has 1 aromatic heterocycles. The summed E-state index contributed by atoms with van der Waals surface area (Å²) in [6.45, 7) is 10.8. The summed E-state index contributed by atoms with van der Waals surface area (Å²) in [6.07, 6.45) is 7.95. The summed E-state index contributed by atoms with van der Waals surface area (Å²) in [5, 5.41) is 6.14. The minimum Gasteiger partial charge on any atom is -0.379 e. The van der Waals surface area contributed by atoms with Gasteiger partial charge in [-0.3, -0.25) is 4.90 Å². The number of nitrogens with zero attached hydrogens (tertiary/aromatic N) is 3. The highest BCUT2D eigenvalue weighted by molar-refractivity contribution is 5.73. The lowest BCUT2D eigenvalue weighted by Crippen LogP contribution is -2.60. The molecular formula is C22H37N5O2. The number of rotatable bonds is 8. The van der Waals surface area contributed by atoms with Gasteiger partial charge in [0.1, 0.15) is 5.82 Å². The average molecular weight is 404 g/mol. The third-order valence-electron chi connectivity index (χ3n) is 6.39. The van der Waals surface area contributed by atoms with Gasteiger partial charge < -0.3 is 20.3 Å². The molecule has 2 fully saturated rings. The number of hydrogen-bond acceptors (Lipinski definition) is 5. The molecule has 0 aromatic carbocycles. The molecule has 162 valence electrons. The van der Waals surface area contributed by atoms with Gasteiger partial charge in [-0.25, -0.2) is 9.78 Å². The molecule has 0 radical (unpaired) electrons. The third-order valence-corrected chi connectivity index (χ3v) is 6.39. The Labute approximate surface area is 175 Å². The highest BCUT2D eigenvalue weighted by Crippen LogP contribution is 2.33. The molecule has 1 aliphatic heterocycles. The summed E-state index contributed by atoms with van der Waals surface area (Å²) in [7, 11) is 0. The number of nitrogens with one attached hydrogen (secondary N) is 2. The predicted molar refractivity (Wildman–Crippen MR) is 116 cm³/mol. The van der Waals surface area contributed by atoms with E-state index in [0.29, 0.717) is 13.1 Å². The summed E-state index contributed by atoms with van der Waals surface area (Å²) >= 11 is 0. The van der Waals surface area contributed by atoms with Gasteiger partial charge in [-0.1, -0.05) is 25.3 Å². The van der Waals surface area contributed by atoms with E-state index in [9.17, 15) is 4.79 Å². The first-order chi connectivity index (χ1) is 14.2. The first-order valence-electron chi connectivity index (χ1n) is 11.2. The van der Waals surface area contributed by atoms with E-state index in [-0.39, 0.29) is 11.6 Å². The quantitative estimate of drug-likeness (QED) is 0.699. The number of urea groups is 1. The van der Waals surface area contributed by atoms with Crippen molar-refractivity contribution in [2.75, 3.05) is 50.8 Å². The number of carbonyl (C=O) groups is 1. The number of ether oxygens (including phenoxy) is 1. The first kappa shape index (κ1) is 21.8. The largest absolute Gasteiger partial charge is 0.379 e. The van der Waals surface area contributed by atoms with Crippen molar-refractivity contribution in [1.29, 1.82) is 0 Å². The molecule has 1 aromatic rings. The van der Waals surface area contributed by atoms with Gasteiger partial charge >= 0.3 is 6.03 Å². The van der Waals surface area contributed by atoms with Gasteiger partial charge in [0.15, 0.2) is 0 Å². The first-order valence-corrected chi connectivity index (χ1v) is 11.2. The SMILES string of the molecule is CCN(CC)c1ccc(CNC(=O)NCC2(N3CCOCC3)CCCCC2)cn1. The molecule has 29 heavy (non-hydrogen) atoms. The highest BCUT2D eigenvalue weighted by atomic mass is 16.5. The van der Waals surface area contributed by atoms with Gasteiger partial charge in [0.25, 0.3) is 0 Å². The Morgan fingerprint density at radius 3 is 2.48 bits per heavy atom. The fraction of sp³-hybridized carbons (Fsp3) is 0.727. The molecule has 2 aliphatic rings. The van der Waals surface area contributed by atoms with Crippen LogP contribution in [0.4, 0.5) is 10.6 Å². The number of amides is 2. The van der Waals surface area contributed by atoms with E-state index in [1.54, 1.807) is 0 Å². The minimum absolute atomic E-state index is 0.0896. The third kappa shape index (κ3) is 5.82. The zero-order valence-corrected chi connectivity index (χ0v) is 18.1. The van der Waals surface area contributed by atoms with Gasteiger partial charge in [0.2, 0.25) is 0 Å². The Bertz CT molecular complexity index is 621. The molecule has 1 saturated carbocycles. The van der Waals surface area contributed by atoms with Crippen molar-refractivity contribution >= 4 is 11.8 Å². The van der Waals surface area contributed by atoms with Crippen LogP contribution in [0.1, 0.15) is 51.5 Å². The van der Waals surface area contributed by atoms with Crippen molar-refractivity contribution in [3.8, 4) is 0 Å². The molecule has 3 rings (SSSR count). The maximum absolute atomic E-state index is 12.5. The fourth-order valence-corrected chi connectivity index (χ4v) is 4.60. The van der Waals surface area contributed by atoms with Crippen molar-refractivity contribution in [1.82, 2.24) is 20.5 Å². The van der Waals surface area contributed by atoms with Gasteiger partial charge in [-0.05, 0) is 38.3 Å². The Morgan fingerprint density at radius 2 is 1.86 bits per heavy atom. The maximum Gasteiger partial charge on any atom is 0.315 e. The average Bonchev–Trinajstić information content (AvgIpc) is 2.79. The van der Waals surface area contributed by atoms with Crippen LogP contribution in [0.5, 0.6) is 0 Å². The molecule has 1 aliphatic carbocycles. The molecule has 7 heteroatoms. The van der Waals surface area contributed by atoms with Crippen molar-refractivity contribution in [2.45, 2.75) is 58.0 Å². The lowest BCUT2D eigenvalue weighted by Gasteiger charge is -2.48. The smallest absolute Gasteiger partial charge is 0.315 e. The molecule has 0 spiro atoms. The van der Waals surface area contributed by atoms with Crippen LogP contribution in [0, 0.1) is 0 Å². The molecule has 7 nitrogen and oxygen atoms in total. The summed E-state index contributed by atoms with van der Waals surface area (Å²) in [5.41, 5.74) is 1.10. The van der Waals surface area contributed by atoms with E-state index in [1.807, 2.05) is 18.3 Å². The van der Waals surface area contributed by atoms with E-state index < -0.39 is 0 Å². The second-order valence-electron chi connectivity index (χ2n) is 8.12. The highest BCUT2D eigenvalue weighted by Gasteiger charge is 2.38. The number of anilines is 1. The Kier molecular flexibility index (Phi) is 8.12.